The Morgan fingerprint density at radius 1 is 1.33 bits per heavy atom. The summed E-state index contributed by atoms with van der Waals surface area (Å²) in [5.41, 5.74) is 0.368. The first-order chi connectivity index (χ1) is 11.6. The minimum absolute atomic E-state index is 0.00634. The fourth-order valence-electron chi connectivity index (χ4n) is 4.04. The molecule has 2 saturated heterocycles. The van der Waals surface area contributed by atoms with E-state index in [-0.39, 0.29) is 17.4 Å². The number of hydrogen-bond acceptors (Lipinski definition) is 2. The lowest BCUT2D eigenvalue weighted by Crippen LogP contribution is -2.63. The molecule has 0 N–H and O–H groups in total. The molecule has 0 aromatic heterocycles. The van der Waals surface area contributed by atoms with Crippen molar-refractivity contribution in [2.45, 2.75) is 37.6 Å². The van der Waals surface area contributed by atoms with Crippen LogP contribution in [0.5, 0.6) is 0 Å². The van der Waals surface area contributed by atoms with E-state index < -0.39 is 0 Å². The number of amides is 2. The van der Waals surface area contributed by atoms with Crippen molar-refractivity contribution in [3.8, 4) is 0 Å². The molecule has 1 aromatic rings. The van der Waals surface area contributed by atoms with Gasteiger partial charge in [0.1, 0.15) is 0 Å². The second kappa shape index (κ2) is 6.98. The monoisotopic (exact) mass is 346 g/mol. The van der Waals surface area contributed by atoms with E-state index in [1.165, 1.54) is 0 Å². The van der Waals surface area contributed by atoms with Gasteiger partial charge in [-0.15, -0.1) is 6.58 Å². The average Bonchev–Trinajstić information content (AvgIpc) is 2.58. The van der Waals surface area contributed by atoms with Crippen LogP contribution in [0.4, 0.5) is 0 Å². The van der Waals surface area contributed by atoms with Gasteiger partial charge in [0.25, 0.3) is 5.91 Å². The van der Waals surface area contributed by atoms with Crippen LogP contribution in [0.2, 0.25) is 5.02 Å². The van der Waals surface area contributed by atoms with Gasteiger partial charge in [-0.2, -0.15) is 0 Å². The standard InChI is InChI=1S/C19H23ClN2O2/c1-2-11-22-17(23)8-4-9-19(22)10-5-12-21(14-19)18(24)15-6-3-7-16(20)13-15/h2-3,6-7,13H,1,4-5,8-12,14H2/t19-/m0/s1. The van der Waals surface area contributed by atoms with Gasteiger partial charge in [0.05, 0.1) is 5.54 Å². The van der Waals surface area contributed by atoms with E-state index in [0.29, 0.717) is 30.1 Å². The highest BCUT2D eigenvalue weighted by Crippen LogP contribution is 2.37. The molecule has 1 atom stereocenters. The molecule has 4 nitrogen and oxygen atoms in total. The quantitative estimate of drug-likeness (QED) is 0.786. The molecule has 0 radical (unpaired) electrons. The number of carbonyl (C=O) groups excluding carboxylic acids is 2. The molecule has 0 saturated carbocycles. The van der Waals surface area contributed by atoms with Crippen molar-refractivity contribution in [1.29, 1.82) is 0 Å². The van der Waals surface area contributed by atoms with Crippen molar-refractivity contribution in [1.82, 2.24) is 9.80 Å². The van der Waals surface area contributed by atoms with Gasteiger partial charge in [-0.25, -0.2) is 0 Å². The van der Waals surface area contributed by atoms with E-state index in [4.69, 9.17) is 11.6 Å². The van der Waals surface area contributed by atoms with E-state index in [2.05, 4.69) is 6.58 Å². The third kappa shape index (κ3) is 3.20. The van der Waals surface area contributed by atoms with Gasteiger partial charge < -0.3 is 9.80 Å². The molecule has 1 aromatic carbocycles. The van der Waals surface area contributed by atoms with Gasteiger partial charge in [-0.05, 0) is 43.9 Å². The fourth-order valence-corrected chi connectivity index (χ4v) is 4.23. The van der Waals surface area contributed by atoms with Crippen LogP contribution >= 0.6 is 11.6 Å². The second-order valence-electron chi connectivity index (χ2n) is 6.71. The van der Waals surface area contributed by atoms with Crippen LogP contribution in [0.3, 0.4) is 0 Å². The lowest BCUT2D eigenvalue weighted by Gasteiger charge is -2.52. The minimum Gasteiger partial charge on any atom is -0.336 e. The molecule has 2 fully saturated rings. The summed E-state index contributed by atoms with van der Waals surface area (Å²) in [5.74, 6) is 0.173. The molecule has 2 heterocycles. The Labute approximate surface area is 148 Å². The molecule has 24 heavy (non-hydrogen) atoms. The van der Waals surface area contributed by atoms with Crippen molar-refractivity contribution in [3.63, 3.8) is 0 Å². The smallest absolute Gasteiger partial charge is 0.253 e. The first kappa shape index (κ1) is 17.0. The zero-order chi connectivity index (χ0) is 17.2. The van der Waals surface area contributed by atoms with Crippen molar-refractivity contribution < 1.29 is 9.59 Å². The van der Waals surface area contributed by atoms with Gasteiger partial charge in [0, 0.05) is 36.6 Å². The molecule has 0 unspecified atom stereocenters. The Balaban J connectivity index is 1.83. The van der Waals surface area contributed by atoms with Gasteiger partial charge in [0.15, 0.2) is 0 Å². The number of halogens is 1. The van der Waals surface area contributed by atoms with E-state index in [0.717, 1.165) is 32.2 Å². The number of likely N-dealkylation sites (tertiary alicyclic amines) is 2. The number of nitrogens with zero attached hydrogens (tertiary/aromatic N) is 2. The van der Waals surface area contributed by atoms with E-state index in [9.17, 15) is 9.59 Å². The number of carbonyl (C=O) groups is 2. The maximum atomic E-state index is 12.9. The highest BCUT2D eigenvalue weighted by Gasteiger charge is 2.45. The van der Waals surface area contributed by atoms with Gasteiger partial charge in [0.2, 0.25) is 5.91 Å². The summed E-state index contributed by atoms with van der Waals surface area (Å²) in [6.45, 7) is 5.66. The Morgan fingerprint density at radius 3 is 2.88 bits per heavy atom. The summed E-state index contributed by atoms with van der Waals surface area (Å²) in [7, 11) is 0. The predicted molar refractivity (Wildman–Crippen MR) is 95.1 cm³/mol. The Morgan fingerprint density at radius 2 is 2.12 bits per heavy atom. The Hall–Kier alpha value is -1.81. The first-order valence-corrected chi connectivity index (χ1v) is 8.90. The first-order valence-electron chi connectivity index (χ1n) is 8.52. The van der Waals surface area contributed by atoms with E-state index in [1.54, 1.807) is 30.3 Å². The third-order valence-electron chi connectivity index (χ3n) is 5.13. The van der Waals surface area contributed by atoms with Crippen molar-refractivity contribution in [2.75, 3.05) is 19.6 Å². The molecule has 3 rings (SSSR count). The molecule has 1 spiro atoms. The number of benzene rings is 1. The maximum absolute atomic E-state index is 12.9. The molecule has 128 valence electrons. The second-order valence-corrected chi connectivity index (χ2v) is 7.15. The summed E-state index contributed by atoms with van der Waals surface area (Å²) in [4.78, 5) is 29.1. The van der Waals surface area contributed by atoms with Crippen LogP contribution in [0.1, 0.15) is 42.5 Å². The zero-order valence-electron chi connectivity index (χ0n) is 13.8. The number of piperidine rings is 2. The van der Waals surface area contributed by atoms with Crippen molar-refractivity contribution in [3.05, 3.63) is 47.5 Å². The normalized spacial score (nSPS) is 24.3. The van der Waals surface area contributed by atoms with Crippen LogP contribution in [0.15, 0.2) is 36.9 Å². The van der Waals surface area contributed by atoms with Crippen LogP contribution < -0.4 is 0 Å². The SMILES string of the molecule is C=CCN1C(=O)CCC[C@@]12CCCN(C(=O)c1cccc(Cl)c1)C2. The highest BCUT2D eigenvalue weighted by atomic mass is 35.5. The predicted octanol–water partition coefficient (Wildman–Crippen LogP) is 3.51. The molecule has 5 heteroatoms. The third-order valence-corrected chi connectivity index (χ3v) is 5.37. The van der Waals surface area contributed by atoms with Gasteiger partial charge in [-0.3, -0.25) is 9.59 Å². The number of rotatable bonds is 3. The molecule has 2 amide bonds. The maximum Gasteiger partial charge on any atom is 0.253 e. The lowest BCUT2D eigenvalue weighted by atomic mass is 9.79. The van der Waals surface area contributed by atoms with E-state index in [1.807, 2.05) is 9.80 Å². The minimum atomic E-state index is -0.240. The summed E-state index contributed by atoms with van der Waals surface area (Å²) in [6.07, 6.45) is 6.08. The Bertz CT molecular complexity index is 657. The highest BCUT2D eigenvalue weighted by molar-refractivity contribution is 6.30. The largest absolute Gasteiger partial charge is 0.336 e. The van der Waals surface area contributed by atoms with Crippen molar-refractivity contribution in [2.24, 2.45) is 0 Å². The summed E-state index contributed by atoms with van der Waals surface area (Å²) in [5, 5.41) is 0.564. The average molecular weight is 347 g/mol. The summed E-state index contributed by atoms with van der Waals surface area (Å²) >= 11 is 6.02. The van der Waals surface area contributed by atoms with Crippen LogP contribution in [-0.4, -0.2) is 46.8 Å². The zero-order valence-corrected chi connectivity index (χ0v) is 14.6. The van der Waals surface area contributed by atoms with E-state index >= 15 is 0 Å². The van der Waals surface area contributed by atoms with Crippen LogP contribution in [0.25, 0.3) is 0 Å². The van der Waals surface area contributed by atoms with Gasteiger partial charge >= 0.3 is 0 Å². The number of hydrogen-bond donors (Lipinski definition) is 0. The molecule has 2 aliphatic heterocycles. The molecular formula is C19H23ClN2O2. The fraction of sp³-hybridized carbons (Fsp3) is 0.474. The summed E-state index contributed by atoms with van der Waals surface area (Å²) in [6, 6.07) is 7.06. The van der Waals surface area contributed by atoms with Crippen LogP contribution in [-0.2, 0) is 4.79 Å². The molecule has 0 aliphatic carbocycles. The summed E-state index contributed by atoms with van der Waals surface area (Å²) < 4.78 is 0. The molecular weight excluding hydrogens is 324 g/mol. The molecule has 0 bridgehead atoms. The topological polar surface area (TPSA) is 40.6 Å². The van der Waals surface area contributed by atoms with Gasteiger partial charge in [-0.1, -0.05) is 23.7 Å². The lowest BCUT2D eigenvalue weighted by molar-refractivity contribution is -0.143. The Kier molecular flexibility index (Phi) is 4.95. The molecule has 2 aliphatic rings. The van der Waals surface area contributed by atoms with Crippen LogP contribution in [0, 0.1) is 0 Å². The van der Waals surface area contributed by atoms with Crippen molar-refractivity contribution >= 4 is 23.4 Å².